The number of carbonyl (C=O) groups excluding carboxylic acids is 2. The minimum absolute atomic E-state index is 0.0243. The Kier molecular flexibility index (Phi) is 3.09. The second-order valence-electron chi connectivity index (χ2n) is 4.74. The predicted molar refractivity (Wildman–Crippen MR) is 70.1 cm³/mol. The summed E-state index contributed by atoms with van der Waals surface area (Å²) in [6.07, 6.45) is 1.81. The van der Waals surface area contributed by atoms with E-state index in [0.29, 0.717) is 43.0 Å². The summed E-state index contributed by atoms with van der Waals surface area (Å²) in [5.41, 5.74) is 1.61. The van der Waals surface area contributed by atoms with Crippen LogP contribution in [0.5, 0.6) is 0 Å². The van der Waals surface area contributed by atoms with Gasteiger partial charge < -0.3 is 14.7 Å². The van der Waals surface area contributed by atoms with Crippen molar-refractivity contribution in [2.75, 3.05) is 19.6 Å². The third-order valence-electron chi connectivity index (χ3n) is 3.36. The van der Waals surface area contributed by atoms with E-state index in [0.717, 1.165) is 5.39 Å². The number of amides is 2. The van der Waals surface area contributed by atoms with Gasteiger partial charge in [0, 0.05) is 32.3 Å². The molecule has 1 aliphatic heterocycles. The molecule has 7 heteroatoms. The predicted octanol–water partition coefficient (Wildman–Crippen LogP) is 0.493. The van der Waals surface area contributed by atoms with Crippen LogP contribution < -0.4 is 5.32 Å². The van der Waals surface area contributed by atoms with Gasteiger partial charge in [-0.05, 0) is 13.0 Å². The molecule has 1 saturated heterocycles. The second kappa shape index (κ2) is 4.92. The summed E-state index contributed by atoms with van der Waals surface area (Å²) in [7, 11) is 0. The number of carbonyl (C=O) groups is 2. The standard InChI is InChI=1S/C13H14N4O3/c1-8-10-6-9(7-15-12(10)20-16-8)13(19)17-4-2-11(18)14-3-5-17/h6-7H,2-5H2,1H3,(H,14,18). The first kappa shape index (κ1) is 12.6. The molecular weight excluding hydrogens is 260 g/mol. The van der Waals surface area contributed by atoms with Crippen molar-refractivity contribution in [3.63, 3.8) is 0 Å². The zero-order chi connectivity index (χ0) is 14.1. The number of aromatic nitrogens is 2. The van der Waals surface area contributed by atoms with Crippen molar-refractivity contribution in [2.45, 2.75) is 13.3 Å². The Balaban J connectivity index is 1.87. The minimum Gasteiger partial charge on any atom is -0.354 e. The fourth-order valence-corrected chi connectivity index (χ4v) is 2.21. The Labute approximate surface area is 114 Å². The first-order valence-electron chi connectivity index (χ1n) is 6.43. The third-order valence-corrected chi connectivity index (χ3v) is 3.36. The van der Waals surface area contributed by atoms with Gasteiger partial charge in [0.25, 0.3) is 11.6 Å². The topological polar surface area (TPSA) is 88.3 Å². The van der Waals surface area contributed by atoms with Crippen LogP contribution in [-0.2, 0) is 4.79 Å². The van der Waals surface area contributed by atoms with Crippen LogP contribution in [-0.4, -0.2) is 46.5 Å². The molecule has 0 unspecified atom stereocenters. The number of rotatable bonds is 1. The molecule has 0 saturated carbocycles. The lowest BCUT2D eigenvalue weighted by Gasteiger charge is -2.19. The Morgan fingerprint density at radius 3 is 3.15 bits per heavy atom. The third kappa shape index (κ3) is 2.22. The van der Waals surface area contributed by atoms with Crippen LogP contribution in [0.25, 0.3) is 11.1 Å². The highest BCUT2D eigenvalue weighted by Gasteiger charge is 2.21. The monoisotopic (exact) mass is 274 g/mol. The second-order valence-corrected chi connectivity index (χ2v) is 4.74. The summed E-state index contributed by atoms with van der Waals surface area (Å²) < 4.78 is 5.02. The Morgan fingerprint density at radius 1 is 1.45 bits per heavy atom. The lowest BCUT2D eigenvalue weighted by atomic mass is 10.2. The molecule has 2 aromatic rings. The van der Waals surface area contributed by atoms with Crippen molar-refractivity contribution >= 4 is 22.9 Å². The normalized spacial score (nSPS) is 16.1. The van der Waals surface area contributed by atoms with Gasteiger partial charge in [-0.3, -0.25) is 9.59 Å². The number of fused-ring (bicyclic) bond motifs is 1. The van der Waals surface area contributed by atoms with Crippen molar-refractivity contribution < 1.29 is 14.1 Å². The van der Waals surface area contributed by atoms with Gasteiger partial charge in [0.2, 0.25) is 5.91 Å². The van der Waals surface area contributed by atoms with E-state index in [-0.39, 0.29) is 11.8 Å². The largest absolute Gasteiger partial charge is 0.354 e. The van der Waals surface area contributed by atoms with Gasteiger partial charge in [-0.1, -0.05) is 5.16 Å². The van der Waals surface area contributed by atoms with E-state index in [1.165, 1.54) is 6.20 Å². The molecule has 3 heterocycles. The first-order valence-corrected chi connectivity index (χ1v) is 6.43. The molecule has 0 spiro atoms. The fraction of sp³-hybridized carbons (Fsp3) is 0.385. The van der Waals surface area contributed by atoms with Gasteiger partial charge in [0.1, 0.15) is 0 Å². The lowest BCUT2D eigenvalue weighted by molar-refractivity contribution is -0.120. The summed E-state index contributed by atoms with van der Waals surface area (Å²) in [6.45, 7) is 3.21. The quantitative estimate of drug-likeness (QED) is 0.817. The average Bonchev–Trinajstić information content (AvgIpc) is 2.68. The minimum atomic E-state index is -0.128. The maximum Gasteiger partial charge on any atom is 0.257 e. The number of aryl methyl sites for hydroxylation is 1. The lowest BCUT2D eigenvalue weighted by Crippen LogP contribution is -2.34. The molecule has 0 aromatic carbocycles. The molecule has 0 bridgehead atoms. The van der Waals surface area contributed by atoms with Crippen molar-refractivity contribution in [3.8, 4) is 0 Å². The van der Waals surface area contributed by atoms with Gasteiger partial charge in [0.15, 0.2) is 0 Å². The molecule has 1 aliphatic rings. The van der Waals surface area contributed by atoms with Crippen molar-refractivity contribution in [2.24, 2.45) is 0 Å². The molecule has 2 aromatic heterocycles. The highest BCUT2D eigenvalue weighted by molar-refractivity contribution is 5.97. The number of hydrogen-bond acceptors (Lipinski definition) is 5. The van der Waals surface area contributed by atoms with E-state index in [2.05, 4.69) is 15.5 Å². The van der Waals surface area contributed by atoms with Gasteiger partial charge in [-0.25, -0.2) is 4.98 Å². The van der Waals surface area contributed by atoms with Crippen molar-refractivity contribution in [1.82, 2.24) is 20.4 Å². The van der Waals surface area contributed by atoms with E-state index in [1.54, 1.807) is 17.9 Å². The van der Waals surface area contributed by atoms with Crippen molar-refractivity contribution in [1.29, 1.82) is 0 Å². The Morgan fingerprint density at radius 2 is 2.30 bits per heavy atom. The number of nitrogens with one attached hydrogen (secondary N) is 1. The molecule has 0 atom stereocenters. The van der Waals surface area contributed by atoms with Gasteiger partial charge in [0.05, 0.1) is 16.6 Å². The SMILES string of the molecule is Cc1noc2ncc(C(=O)N3CCNC(=O)CC3)cc12. The molecule has 1 N–H and O–H groups in total. The summed E-state index contributed by atoms with van der Waals surface area (Å²) in [6, 6.07) is 1.73. The molecule has 1 fully saturated rings. The van der Waals surface area contributed by atoms with Crippen LogP contribution in [0.15, 0.2) is 16.8 Å². The maximum absolute atomic E-state index is 12.4. The Hall–Kier alpha value is -2.44. The van der Waals surface area contributed by atoms with Crippen LogP contribution >= 0.6 is 0 Å². The molecule has 2 amide bonds. The van der Waals surface area contributed by atoms with E-state index in [4.69, 9.17) is 4.52 Å². The van der Waals surface area contributed by atoms with Gasteiger partial charge in [-0.15, -0.1) is 0 Å². The van der Waals surface area contributed by atoms with E-state index >= 15 is 0 Å². The van der Waals surface area contributed by atoms with E-state index in [1.807, 2.05) is 0 Å². The van der Waals surface area contributed by atoms with Crippen molar-refractivity contribution in [3.05, 3.63) is 23.5 Å². The van der Waals surface area contributed by atoms with Crippen LogP contribution in [0.1, 0.15) is 22.5 Å². The molecule has 7 nitrogen and oxygen atoms in total. The molecule has 104 valence electrons. The van der Waals surface area contributed by atoms with E-state index in [9.17, 15) is 9.59 Å². The van der Waals surface area contributed by atoms with Crippen LogP contribution in [0, 0.1) is 6.92 Å². The summed E-state index contributed by atoms with van der Waals surface area (Å²) in [5.74, 6) is -0.153. The first-order chi connectivity index (χ1) is 9.65. The summed E-state index contributed by atoms with van der Waals surface area (Å²) >= 11 is 0. The highest BCUT2D eigenvalue weighted by Crippen LogP contribution is 2.18. The number of pyridine rings is 1. The smallest absolute Gasteiger partial charge is 0.257 e. The highest BCUT2D eigenvalue weighted by atomic mass is 16.5. The number of nitrogens with zero attached hydrogens (tertiary/aromatic N) is 3. The van der Waals surface area contributed by atoms with E-state index < -0.39 is 0 Å². The summed E-state index contributed by atoms with van der Waals surface area (Å²) in [4.78, 5) is 29.5. The molecule has 3 rings (SSSR count). The van der Waals surface area contributed by atoms with Crippen LogP contribution in [0.3, 0.4) is 0 Å². The molecular formula is C13H14N4O3. The fourth-order valence-electron chi connectivity index (χ4n) is 2.21. The zero-order valence-electron chi connectivity index (χ0n) is 11.0. The average molecular weight is 274 g/mol. The van der Waals surface area contributed by atoms with Gasteiger partial charge in [-0.2, -0.15) is 0 Å². The van der Waals surface area contributed by atoms with Crippen LogP contribution in [0.4, 0.5) is 0 Å². The molecule has 0 radical (unpaired) electrons. The van der Waals surface area contributed by atoms with Crippen LogP contribution in [0.2, 0.25) is 0 Å². The Bertz CT molecular complexity index is 679. The maximum atomic E-state index is 12.4. The van der Waals surface area contributed by atoms with Gasteiger partial charge >= 0.3 is 0 Å². The zero-order valence-corrected chi connectivity index (χ0v) is 11.0. The summed E-state index contributed by atoms with van der Waals surface area (Å²) in [5, 5.41) is 7.29. The number of hydrogen-bond donors (Lipinski definition) is 1. The molecule has 0 aliphatic carbocycles. The molecule has 20 heavy (non-hydrogen) atoms.